The number of nitrogens with zero attached hydrogens (tertiary/aromatic N) is 2. The van der Waals surface area contributed by atoms with Crippen LogP contribution in [0.1, 0.15) is 36.6 Å². The summed E-state index contributed by atoms with van der Waals surface area (Å²) < 4.78 is 21.1. The van der Waals surface area contributed by atoms with Crippen LogP contribution in [-0.2, 0) is 22.5 Å². The fraction of sp³-hybridized carbons (Fsp3) is 0.333. The molecule has 0 saturated carbocycles. The van der Waals surface area contributed by atoms with Gasteiger partial charge >= 0.3 is 5.97 Å². The number of hydrogen-bond acceptors (Lipinski definition) is 3. The Kier molecular flexibility index (Phi) is 5.45. The third kappa shape index (κ3) is 3.72. The van der Waals surface area contributed by atoms with Gasteiger partial charge in [-0.25, -0.2) is 4.79 Å². The molecule has 1 heterocycles. The zero-order valence-electron chi connectivity index (χ0n) is 13.7. The third-order valence-corrected chi connectivity index (χ3v) is 4.72. The molecular formula is C18H17Cl2FN2O2. The lowest BCUT2D eigenvalue weighted by Crippen LogP contribution is -2.14. The molecule has 25 heavy (non-hydrogen) atoms. The molecule has 2 aromatic rings. The van der Waals surface area contributed by atoms with E-state index in [1.54, 1.807) is 29.9 Å². The van der Waals surface area contributed by atoms with Gasteiger partial charge in [0, 0.05) is 15.6 Å². The number of rotatable bonds is 4. The van der Waals surface area contributed by atoms with Gasteiger partial charge in [0.05, 0.1) is 25.0 Å². The van der Waals surface area contributed by atoms with E-state index in [0.717, 1.165) is 24.0 Å². The van der Waals surface area contributed by atoms with E-state index < -0.39 is 11.8 Å². The highest BCUT2D eigenvalue weighted by atomic mass is 35.5. The highest BCUT2D eigenvalue weighted by molar-refractivity contribution is 6.35. The van der Waals surface area contributed by atoms with Crippen molar-refractivity contribution in [2.45, 2.75) is 32.7 Å². The van der Waals surface area contributed by atoms with Crippen molar-refractivity contribution in [1.29, 1.82) is 0 Å². The van der Waals surface area contributed by atoms with Crippen LogP contribution in [0.3, 0.4) is 0 Å². The molecule has 7 heteroatoms. The first kappa shape index (κ1) is 18.0. The maximum Gasteiger partial charge on any atom is 0.367 e. The molecule has 0 unspecified atom stereocenters. The van der Waals surface area contributed by atoms with Crippen molar-refractivity contribution in [1.82, 2.24) is 9.78 Å². The largest absolute Gasteiger partial charge is 0.461 e. The van der Waals surface area contributed by atoms with E-state index in [4.69, 9.17) is 27.9 Å². The normalized spacial score (nSPS) is 15.7. The first-order chi connectivity index (χ1) is 12.0. The van der Waals surface area contributed by atoms with Crippen molar-refractivity contribution >= 4 is 34.7 Å². The van der Waals surface area contributed by atoms with Crippen molar-refractivity contribution < 1.29 is 13.9 Å². The highest BCUT2D eigenvalue weighted by Crippen LogP contribution is 2.35. The minimum absolute atomic E-state index is 0.131. The molecule has 0 N–H and O–H groups in total. The molecular weight excluding hydrogens is 366 g/mol. The number of fused-ring (bicyclic) bond motifs is 1. The summed E-state index contributed by atoms with van der Waals surface area (Å²) in [6.45, 7) is 2.14. The van der Waals surface area contributed by atoms with Crippen molar-refractivity contribution in [3.05, 3.63) is 57.1 Å². The number of aromatic nitrogens is 2. The Labute approximate surface area is 155 Å². The predicted molar refractivity (Wildman–Crippen MR) is 95.4 cm³/mol. The molecule has 0 aliphatic heterocycles. The number of carbonyl (C=O) groups is 1. The van der Waals surface area contributed by atoms with E-state index in [-0.39, 0.29) is 6.61 Å². The number of esters is 1. The van der Waals surface area contributed by atoms with Gasteiger partial charge in [-0.3, -0.25) is 4.68 Å². The maximum absolute atomic E-state index is 14.6. The molecule has 1 aliphatic carbocycles. The minimum Gasteiger partial charge on any atom is -0.461 e. The molecule has 1 aliphatic rings. The third-order valence-electron chi connectivity index (χ3n) is 4.13. The Morgan fingerprint density at radius 1 is 1.36 bits per heavy atom. The summed E-state index contributed by atoms with van der Waals surface area (Å²) in [6.07, 6.45) is 3.75. The van der Waals surface area contributed by atoms with E-state index in [1.807, 2.05) is 6.07 Å². The molecule has 3 rings (SSSR count). The van der Waals surface area contributed by atoms with E-state index in [2.05, 4.69) is 5.10 Å². The van der Waals surface area contributed by atoms with Crippen LogP contribution in [0.15, 0.2) is 30.2 Å². The van der Waals surface area contributed by atoms with Crippen LogP contribution in [0, 0.1) is 0 Å². The van der Waals surface area contributed by atoms with Gasteiger partial charge in [0.1, 0.15) is 0 Å². The second-order valence-electron chi connectivity index (χ2n) is 5.78. The fourth-order valence-corrected chi connectivity index (χ4v) is 3.46. The Morgan fingerprint density at radius 3 is 2.88 bits per heavy atom. The number of aryl methyl sites for hydroxylation is 1. The van der Waals surface area contributed by atoms with Crippen LogP contribution in [0.4, 0.5) is 4.39 Å². The van der Waals surface area contributed by atoms with E-state index in [1.165, 1.54) is 0 Å². The lowest BCUT2D eigenvalue weighted by atomic mass is 9.92. The summed E-state index contributed by atoms with van der Waals surface area (Å²) in [4.78, 5) is 11.8. The SMILES string of the molecule is CCOC(=O)/C(F)=C1/CCCc2cnn(Cc3ccc(Cl)cc3Cl)c21. The molecule has 0 amide bonds. The number of allylic oxidation sites excluding steroid dienone is 1. The first-order valence-electron chi connectivity index (χ1n) is 8.06. The van der Waals surface area contributed by atoms with E-state index in [0.29, 0.717) is 34.3 Å². The minimum atomic E-state index is -0.928. The van der Waals surface area contributed by atoms with Crippen LogP contribution in [0.2, 0.25) is 10.0 Å². The molecule has 0 fully saturated rings. The van der Waals surface area contributed by atoms with Gasteiger partial charge in [-0.15, -0.1) is 0 Å². The van der Waals surface area contributed by atoms with Gasteiger partial charge < -0.3 is 4.74 Å². The zero-order chi connectivity index (χ0) is 18.0. The Morgan fingerprint density at radius 2 is 2.16 bits per heavy atom. The number of hydrogen-bond donors (Lipinski definition) is 0. The molecule has 0 atom stereocenters. The summed E-state index contributed by atoms with van der Waals surface area (Å²) in [5.41, 5.74) is 2.73. The second-order valence-corrected chi connectivity index (χ2v) is 6.62. The number of ether oxygens (including phenoxy) is 1. The fourth-order valence-electron chi connectivity index (χ4n) is 2.99. The van der Waals surface area contributed by atoms with Crippen molar-refractivity contribution in [2.75, 3.05) is 6.61 Å². The average Bonchev–Trinajstić information content (AvgIpc) is 3.00. The molecule has 4 nitrogen and oxygen atoms in total. The standard InChI is InChI=1S/C18H17Cl2FN2O2/c1-2-25-18(24)16(21)14-5-3-4-11-9-22-23(17(11)14)10-12-6-7-13(19)8-15(12)20/h6-9H,2-5,10H2,1H3/b16-14+. The number of halogens is 3. The van der Waals surface area contributed by atoms with Crippen LogP contribution >= 0.6 is 23.2 Å². The first-order valence-corrected chi connectivity index (χ1v) is 8.81. The van der Waals surface area contributed by atoms with Crippen molar-refractivity contribution in [3.63, 3.8) is 0 Å². The number of carbonyl (C=O) groups excluding carboxylic acids is 1. The monoisotopic (exact) mass is 382 g/mol. The Bertz CT molecular complexity index is 846. The van der Waals surface area contributed by atoms with Gasteiger partial charge in [0.2, 0.25) is 5.83 Å². The maximum atomic E-state index is 14.6. The molecule has 132 valence electrons. The van der Waals surface area contributed by atoms with E-state index >= 15 is 0 Å². The summed E-state index contributed by atoms with van der Waals surface area (Å²) in [6, 6.07) is 5.21. The van der Waals surface area contributed by atoms with Crippen LogP contribution in [-0.4, -0.2) is 22.4 Å². The van der Waals surface area contributed by atoms with Crippen LogP contribution < -0.4 is 0 Å². The summed E-state index contributed by atoms with van der Waals surface area (Å²) in [5, 5.41) is 5.43. The molecule has 0 spiro atoms. The van der Waals surface area contributed by atoms with Gasteiger partial charge in [-0.1, -0.05) is 29.3 Å². The summed E-state index contributed by atoms with van der Waals surface area (Å²) >= 11 is 12.2. The van der Waals surface area contributed by atoms with Gasteiger partial charge in [0.25, 0.3) is 0 Å². The van der Waals surface area contributed by atoms with Gasteiger partial charge in [-0.2, -0.15) is 9.49 Å². The summed E-state index contributed by atoms with van der Waals surface area (Å²) in [5.74, 6) is -1.77. The summed E-state index contributed by atoms with van der Waals surface area (Å²) in [7, 11) is 0. The second kappa shape index (κ2) is 7.58. The lowest BCUT2D eigenvalue weighted by molar-refractivity contribution is -0.140. The molecule has 1 aromatic carbocycles. The Hall–Kier alpha value is -1.85. The molecule has 0 bridgehead atoms. The quantitative estimate of drug-likeness (QED) is 0.562. The van der Waals surface area contributed by atoms with E-state index in [9.17, 15) is 9.18 Å². The van der Waals surface area contributed by atoms with Crippen molar-refractivity contribution in [2.24, 2.45) is 0 Å². The van der Waals surface area contributed by atoms with Crippen LogP contribution in [0.5, 0.6) is 0 Å². The molecule has 0 saturated heterocycles. The predicted octanol–water partition coefficient (Wildman–Crippen LogP) is 4.82. The van der Waals surface area contributed by atoms with Crippen LogP contribution in [0.25, 0.3) is 5.57 Å². The topological polar surface area (TPSA) is 44.1 Å². The lowest BCUT2D eigenvalue weighted by Gasteiger charge is -2.18. The van der Waals surface area contributed by atoms with Gasteiger partial charge in [-0.05, 0) is 49.4 Å². The highest BCUT2D eigenvalue weighted by Gasteiger charge is 2.27. The number of benzene rings is 1. The molecule has 1 aromatic heterocycles. The zero-order valence-corrected chi connectivity index (χ0v) is 15.2. The van der Waals surface area contributed by atoms with Crippen molar-refractivity contribution in [3.8, 4) is 0 Å². The average molecular weight is 383 g/mol. The molecule has 0 radical (unpaired) electrons. The Balaban J connectivity index is 2.00. The smallest absolute Gasteiger partial charge is 0.367 e. The van der Waals surface area contributed by atoms with Gasteiger partial charge in [0.15, 0.2) is 0 Å².